The number of hydrogen-bond acceptors (Lipinski definition) is 6. The zero-order chi connectivity index (χ0) is 33.3. The zero-order valence-electron chi connectivity index (χ0n) is 26.9. The Balaban J connectivity index is 1.61. The van der Waals surface area contributed by atoms with E-state index in [1.165, 1.54) is 13.2 Å². The van der Waals surface area contributed by atoms with Crippen LogP contribution in [0.2, 0.25) is 5.02 Å². The van der Waals surface area contributed by atoms with Crippen LogP contribution >= 0.6 is 11.6 Å². The third-order valence-corrected chi connectivity index (χ3v) is 8.70. The molecule has 3 amide bonds. The molecule has 0 radical (unpaired) electrons. The van der Waals surface area contributed by atoms with Gasteiger partial charge in [-0.3, -0.25) is 14.4 Å². The minimum absolute atomic E-state index is 0.0800. The standard InChI is InChI=1S/C36H44ClN3O6/c1-23(2)19-29-34(43)46-30(24(3)13-14-25-9-6-5-7-10-25)11-8-12-32(41)39-28(21-26-15-16-31(45-4)27(37)20-26)33(42)38-22-36(17-18-36)35(44)40-29/h5-10,12-16,20,23-24,28-30H,11,17-19,21-22H2,1-4H3,(H,38,42)(H,39,41)(H,40,44)/b12-8+,14-13+/t24-,28-,29+,30+/m1/s1. The second-order valence-electron chi connectivity index (χ2n) is 12.6. The topological polar surface area (TPSA) is 123 Å². The van der Waals surface area contributed by atoms with E-state index in [2.05, 4.69) is 16.0 Å². The Kier molecular flexibility index (Phi) is 12.0. The van der Waals surface area contributed by atoms with Crippen LogP contribution in [-0.4, -0.2) is 55.5 Å². The molecule has 9 nitrogen and oxygen atoms in total. The van der Waals surface area contributed by atoms with Crippen molar-refractivity contribution < 1.29 is 28.7 Å². The van der Waals surface area contributed by atoms with Crippen molar-refractivity contribution in [2.75, 3.05) is 13.7 Å². The molecule has 0 unspecified atom stereocenters. The van der Waals surface area contributed by atoms with Gasteiger partial charge in [-0.15, -0.1) is 0 Å². The lowest BCUT2D eigenvalue weighted by Gasteiger charge is -2.27. The molecule has 1 saturated carbocycles. The number of nitrogens with one attached hydrogen (secondary N) is 3. The highest BCUT2D eigenvalue weighted by atomic mass is 35.5. The normalized spacial score (nSPS) is 23.7. The highest BCUT2D eigenvalue weighted by Crippen LogP contribution is 2.45. The molecule has 3 N–H and O–H groups in total. The van der Waals surface area contributed by atoms with Gasteiger partial charge in [-0.2, -0.15) is 0 Å². The van der Waals surface area contributed by atoms with Crippen molar-refractivity contribution in [3.05, 3.63) is 82.9 Å². The Hall–Kier alpha value is -4.11. The maximum absolute atomic E-state index is 13.6. The van der Waals surface area contributed by atoms with E-state index in [0.29, 0.717) is 30.0 Å². The first-order valence-electron chi connectivity index (χ1n) is 15.8. The molecule has 10 heteroatoms. The molecule has 246 valence electrons. The largest absolute Gasteiger partial charge is 0.495 e. The van der Waals surface area contributed by atoms with Crippen molar-refractivity contribution in [1.82, 2.24) is 16.0 Å². The third kappa shape index (κ3) is 9.69. The minimum atomic E-state index is -0.927. The summed E-state index contributed by atoms with van der Waals surface area (Å²) in [5.41, 5.74) is 0.905. The summed E-state index contributed by atoms with van der Waals surface area (Å²) in [5.74, 6) is -1.30. The van der Waals surface area contributed by atoms with Gasteiger partial charge in [0.2, 0.25) is 17.7 Å². The van der Waals surface area contributed by atoms with Crippen LogP contribution in [0, 0.1) is 17.3 Å². The molecule has 1 aliphatic heterocycles. The first kappa shape index (κ1) is 34.8. The molecular weight excluding hydrogens is 606 g/mol. The number of benzene rings is 2. The van der Waals surface area contributed by atoms with E-state index in [0.717, 1.165) is 11.1 Å². The van der Waals surface area contributed by atoms with Crippen LogP contribution in [0.5, 0.6) is 5.75 Å². The van der Waals surface area contributed by atoms with Crippen LogP contribution in [0.1, 0.15) is 57.6 Å². The molecule has 1 aliphatic carbocycles. The van der Waals surface area contributed by atoms with E-state index in [9.17, 15) is 19.2 Å². The number of ether oxygens (including phenoxy) is 2. The quantitative estimate of drug-likeness (QED) is 0.345. The van der Waals surface area contributed by atoms with Crippen molar-refractivity contribution in [2.45, 2.75) is 71.1 Å². The maximum atomic E-state index is 13.6. The van der Waals surface area contributed by atoms with E-state index in [1.54, 1.807) is 24.3 Å². The summed E-state index contributed by atoms with van der Waals surface area (Å²) >= 11 is 6.32. The maximum Gasteiger partial charge on any atom is 0.328 e. The van der Waals surface area contributed by atoms with Crippen LogP contribution in [0.3, 0.4) is 0 Å². The van der Waals surface area contributed by atoms with Crippen molar-refractivity contribution in [2.24, 2.45) is 17.3 Å². The first-order valence-corrected chi connectivity index (χ1v) is 16.2. The molecule has 0 saturated heterocycles. The zero-order valence-corrected chi connectivity index (χ0v) is 27.6. The van der Waals surface area contributed by atoms with Crippen molar-refractivity contribution in [3.8, 4) is 5.75 Å². The number of rotatable bonds is 8. The minimum Gasteiger partial charge on any atom is -0.495 e. The van der Waals surface area contributed by atoms with Gasteiger partial charge in [0.05, 0.1) is 17.5 Å². The molecule has 2 aromatic rings. The molecule has 1 spiro atoms. The Morgan fingerprint density at radius 3 is 2.41 bits per heavy atom. The van der Waals surface area contributed by atoms with Crippen LogP contribution in [-0.2, 0) is 30.3 Å². The average molecular weight is 650 g/mol. The lowest BCUT2D eigenvalue weighted by atomic mass is 9.98. The molecule has 2 aromatic carbocycles. The highest BCUT2D eigenvalue weighted by Gasteiger charge is 2.51. The number of carbonyl (C=O) groups excluding carboxylic acids is 4. The third-order valence-electron chi connectivity index (χ3n) is 8.41. The van der Waals surface area contributed by atoms with Gasteiger partial charge in [0, 0.05) is 25.3 Å². The van der Waals surface area contributed by atoms with Gasteiger partial charge in [-0.1, -0.05) is 87.0 Å². The Morgan fingerprint density at radius 2 is 1.76 bits per heavy atom. The van der Waals surface area contributed by atoms with Gasteiger partial charge in [0.25, 0.3) is 0 Å². The van der Waals surface area contributed by atoms with E-state index in [-0.39, 0.29) is 37.1 Å². The van der Waals surface area contributed by atoms with E-state index >= 15 is 0 Å². The first-order chi connectivity index (χ1) is 22.0. The summed E-state index contributed by atoms with van der Waals surface area (Å²) in [6, 6.07) is 13.2. The predicted octanol–water partition coefficient (Wildman–Crippen LogP) is 5.02. The van der Waals surface area contributed by atoms with Gasteiger partial charge >= 0.3 is 5.97 Å². The van der Waals surface area contributed by atoms with Gasteiger partial charge in [-0.25, -0.2) is 4.79 Å². The number of cyclic esters (lactones) is 1. The molecule has 0 aromatic heterocycles. The predicted molar refractivity (Wildman–Crippen MR) is 178 cm³/mol. The fraction of sp³-hybridized carbons (Fsp3) is 0.444. The fourth-order valence-corrected chi connectivity index (χ4v) is 5.65. The number of hydrogen-bond donors (Lipinski definition) is 3. The van der Waals surface area contributed by atoms with Crippen LogP contribution < -0.4 is 20.7 Å². The highest BCUT2D eigenvalue weighted by molar-refractivity contribution is 6.32. The van der Waals surface area contributed by atoms with Crippen molar-refractivity contribution in [1.29, 1.82) is 0 Å². The molecule has 4 rings (SSSR count). The second-order valence-corrected chi connectivity index (χ2v) is 13.0. The van der Waals surface area contributed by atoms with Crippen molar-refractivity contribution in [3.63, 3.8) is 0 Å². The Bertz CT molecular complexity index is 1450. The van der Waals surface area contributed by atoms with Gasteiger partial charge in [0.15, 0.2) is 0 Å². The van der Waals surface area contributed by atoms with Gasteiger partial charge in [0.1, 0.15) is 23.9 Å². The van der Waals surface area contributed by atoms with Gasteiger partial charge in [-0.05, 0) is 54.5 Å². The molecule has 4 atom stereocenters. The number of methoxy groups -OCH3 is 1. The number of carbonyl (C=O) groups is 4. The van der Waals surface area contributed by atoms with E-state index in [4.69, 9.17) is 21.1 Å². The summed E-state index contributed by atoms with van der Waals surface area (Å²) < 4.78 is 11.3. The van der Waals surface area contributed by atoms with Gasteiger partial charge < -0.3 is 25.4 Å². The Morgan fingerprint density at radius 1 is 1.02 bits per heavy atom. The monoisotopic (exact) mass is 649 g/mol. The molecule has 1 fully saturated rings. The Labute approximate surface area is 276 Å². The molecule has 1 heterocycles. The lowest BCUT2D eigenvalue weighted by Crippen LogP contribution is -2.52. The van der Waals surface area contributed by atoms with Crippen molar-refractivity contribution >= 4 is 41.4 Å². The fourth-order valence-electron chi connectivity index (χ4n) is 5.37. The van der Waals surface area contributed by atoms with E-state index < -0.39 is 41.4 Å². The van der Waals surface area contributed by atoms with Crippen LogP contribution in [0.15, 0.2) is 66.8 Å². The summed E-state index contributed by atoms with van der Waals surface area (Å²) in [6.45, 7) is 5.98. The van der Waals surface area contributed by atoms with E-state index in [1.807, 2.05) is 63.3 Å². The second kappa shape index (κ2) is 15.9. The molecular formula is C36H44ClN3O6. The SMILES string of the molecule is COc1ccc(C[C@H]2NC(=O)/C=C/C[C@@H]([C@H](C)/C=C/c3ccccc3)OC(=O)[C@H](CC(C)C)NC(=O)C3(CC3)CNC2=O)cc1Cl. The van der Waals surface area contributed by atoms with Crippen LogP contribution in [0.25, 0.3) is 6.08 Å². The molecule has 0 bridgehead atoms. The molecule has 46 heavy (non-hydrogen) atoms. The lowest BCUT2D eigenvalue weighted by molar-refractivity contribution is -0.155. The summed E-state index contributed by atoms with van der Waals surface area (Å²) in [4.78, 5) is 53.7. The summed E-state index contributed by atoms with van der Waals surface area (Å²) in [7, 11) is 1.52. The number of esters is 1. The number of halogens is 1. The smallest absolute Gasteiger partial charge is 0.328 e. The summed E-state index contributed by atoms with van der Waals surface area (Å²) in [5, 5.41) is 9.00. The average Bonchev–Trinajstić information content (AvgIpc) is 3.82. The molecule has 2 aliphatic rings. The number of amides is 3. The van der Waals surface area contributed by atoms with Crippen LogP contribution in [0.4, 0.5) is 0 Å². The summed E-state index contributed by atoms with van der Waals surface area (Å²) in [6.07, 6.45) is 8.29.